The van der Waals surface area contributed by atoms with Crippen LogP contribution in [-0.2, 0) is 4.79 Å². The molecule has 2 atom stereocenters. The number of carbonyl (C=O) groups is 1. The van der Waals surface area contributed by atoms with Gasteiger partial charge < -0.3 is 10.4 Å². The van der Waals surface area contributed by atoms with Crippen LogP contribution in [0.4, 0.5) is 8.78 Å². The zero-order chi connectivity index (χ0) is 15.2. The van der Waals surface area contributed by atoms with Gasteiger partial charge in [-0.05, 0) is 31.0 Å². The van der Waals surface area contributed by atoms with Gasteiger partial charge in [0.15, 0.2) is 11.6 Å². The van der Waals surface area contributed by atoms with Crippen LogP contribution >= 0.6 is 11.8 Å². The predicted molar refractivity (Wildman–Crippen MR) is 78.1 cm³/mol. The number of benzene rings is 1. The molecule has 3 nitrogen and oxygen atoms in total. The summed E-state index contributed by atoms with van der Waals surface area (Å²) in [6.45, 7) is 0. The molecule has 1 aromatic rings. The molecule has 116 valence electrons. The lowest BCUT2D eigenvalue weighted by Gasteiger charge is -2.28. The normalized spacial score (nSPS) is 22.0. The van der Waals surface area contributed by atoms with Crippen molar-refractivity contribution in [3.05, 3.63) is 29.8 Å². The molecule has 6 heteroatoms. The molecule has 0 heterocycles. The largest absolute Gasteiger partial charge is 0.391 e. The van der Waals surface area contributed by atoms with Crippen molar-refractivity contribution in [1.29, 1.82) is 0 Å². The minimum Gasteiger partial charge on any atom is -0.391 e. The average molecular weight is 315 g/mol. The highest BCUT2D eigenvalue weighted by molar-refractivity contribution is 7.99. The maximum Gasteiger partial charge on any atom is 0.221 e. The van der Waals surface area contributed by atoms with Crippen molar-refractivity contribution in [2.45, 2.75) is 49.1 Å². The Morgan fingerprint density at radius 1 is 1.29 bits per heavy atom. The van der Waals surface area contributed by atoms with Crippen LogP contribution in [0.2, 0.25) is 0 Å². The Kier molecular flexibility index (Phi) is 5.99. The van der Waals surface area contributed by atoms with Gasteiger partial charge in [0.05, 0.1) is 12.1 Å². The third-order valence-electron chi connectivity index (χ3n) is 3.56. The van der Waals surface area contributed by atoms with Gasteiger partial charge in [-0.1, -0.05) is 12.8 Å². The molecule has 2 N–H and O–H groups in total. The number of nitrogens with one attached hydrogen (secondary N) is 1. The molecule has 1 fully saturated rings. The van der Waals surface area contributed by atoms with E-state index in [4.69, 9.17) is 0 Å². The fourth-order valence-electron chi connectivity index (χ4n) is 2.39. The summed E-state index contributed by atoms with van der Waals surface area (Å²) in [5.41, 5.74) is 0. The number of thioether (sulfide) groups is 1. The number of carbonyl (C=O) groups excluding carboxylic acids is 1. The van der Waals surface area contributed by atoms with Crippen molar-refractivity contribution >= 4 is 17.7 Å². The highest BCUT2D eigenvalue weighted by Crippen LogP contribution is 2.22. The van der Waals surface area contributed by atoms with E-state index in [2.05, 4.69) is 5.32 Å². The van der Waals surface area contributed by atoms with Crippen molar-refractivity contribution < 1.29 is 18.7 Å². The molecule has 21 heavy (non-hydrogen) atoms. The maximum absolute atomic E-state index is 13.0. The quantitative estimate of drug-likeness (QED) is 0.822. The van der Waals surface area contributed by atoms with Crippen LogP contribution in [0.25, 0.3) is 0 Å². The second-order valence-corrected chi connectivity index (χ2v) is 6.37. The van der Waals surface area contributed by atoms with Crippen molar-refractivity contribution in [1.82, 2.24) is 5.32 Å². The highest BCUT2D eigenvalue weighted by Gasteiger charge is 2.24. The molecule has 0 aliphatic heterocycles. The van der Waals surface area contributed by atoms with E-state index in [1.807, 2.05) is 0 Å². The molecule has 2 rings (SSSR count). The molecule has 1 saturated carbocycles. The molecular weight excluding hydrogens is 296 g/mol. The smallest absolute Gasteiger partial charge is 0.221 e. The summed E-state index contributed by atoms with van der Waals surface area (Å²) in [4.78, 5) is 12.4. The van der Waals surface area contributed by atoms with Gasteiger partial charge in [0.2, 0.25) is 5.91 Å². The van der Waals surface area contributed by atoms with Gasteiger partial charge in [0.25, 0.3) is 0 Å². The van der Waals surface area contributed by atoms with E-state index < -0.39 is 17.7 Å². The van der Waals surface area contributed by atoms with Crippen LogP contribution in [0, 0.1) is 11.6 Å². The van der Waals surface area contributed by atoms with Crippen LogP contribution < -0.4 is 5.32 Å². The van der Waals surface area contributed by atoms with E-state index in [9.17, 15) is 18.7 Å². The number of aliphatic hydroxyl groups is 1. The lowest BCUT2D eigenvalue weighted by molar-refractivity contribution is -0.122. The standard InChI is InChI=1S/C15H19F2NO2S/c16-11-6-5-10(9-12(11)17)21-8-7-15(20)18-13-3-1-2-4-14(13)19/h5-6,9,13-14,19H,1-4,7-8H2,(H,18,20)/t13-,14-/m1/s1. The molecular formula is C15H19F2NO2S. The lowest BCUT2D eigenvalue weighted by atomic mass is 9.92. The summed E-state index contributed by atoms with van der Waals surface area (Å²) in [5, 5.41) is 12.6. The Hall–Kier alpha value is -1.14. The Bertz CT molecular complexity index is 499. The SMILES string of the molecule is O=C(CCSc1ccc(F)c(F)c1)N[C@@H]1CCCC[C@H]1O. The Balaban J connectivity index is 1.72. The summed E-state index contributed by atoms with van der Waals surface area (Å²) in [7, 11) is 0. The fraction of sp³-hybridized carbons (Fsp3) is 0.533. The number of halogens is 2. The Morgan fingerprint density at radius 2 is 2.05 bits per heavy atom. The monoisotopic (exact) mass is 315 g/mol. The molecule has 1 aliphatic carbocycles. The first kappa shape index (κ1) is 16.2. The zero-order valence-corrected chi connectivity index (χ0v) is 12.5. The van der Waals surface area contributed by atoms with E-state index in [1.54, 1.807) is 0 Å². The van der Waals surface area contributed by atoms with E-state index in [0.29, 0.717) is 10.6 Å². The molecule has 0 aromatic heterocycles. The molecule has 0 radical (unpaired) electrons. The van der Waals surface area contributed by atoms with Crippen LogP contribution in [0.5, 0.6) is 0 Å². The molecule has 0 saturated heterocycles. The second kappa shape index (κ2) is 7.75. The third kappa shape index (κ3) is 4.97. The minimum absolute atomic E-state index is 0.115. The average Bonchev–Trinajstić information content (AvgIpc) is 2.45. The van der Waals surface area contributed by atoms with E-state index in [-0.39, 0.29) is 18.4 Å². The number of rotatable bonds is 5. The molecule has 1 aromatic carbocycles. The van der Waals surface area contributed by atoms with Gasteiger partial charge in [-0.15, -0.1) is 11.8 Å². The summed E-state index contributed by atoms with van der Waals surface area (Å²) >= 11 is 1.30. The van der Waals surface area contributed by atoms with Gasteiger partial charge in [0.1, 0.15) is 0 Å². The lowest BCUT2D eigenvalue weighted by Crippen LogP contribution is -2.45. The molecule has 0 spiro atoms. The fourth-order valence-corrected chi connectivity index (χ4v) is 3.26. The van der Waals surface area contributed by atoms with Crippen LogP contribution in [0.15, 0.2) is 23.1 Å². The maximum atomic E-state index is 13.0. The predicted octanol–water partition coefficient (Wildman–Crippen LogP) is 2.87. The van der Waals surface area contributed by atoms with Gasteiger partial charge >= 0.3 is 0 Å². The molecule has 1 amide bonds. The van der Waals surface area contributed by atoms with Gasteiger partial charge in [-0.25, -0.2) is 8.78 Å². The number of aliphatic hydroxyl groups excluding tert-OH is 1. The van der Waals surface area contributed by atoms with Crippen molar-refractivity contribution in [2.24, 2.45) is 0 Å². The molecule has 1 aliphatic rings. The van der Waals surface area contributed by atoms with Crippen LogP contribution in [0.3, 0.4) is 0 Å². The van der Waals surface area contributed by atoms with E-state index in [0.717, 1.165) is 37.8 Å². The minimum atomic E-state index is -0.880. The summed E-state index contributed by atoms with van der Waals surface area (Å²) in [6, 6.07) is 3.55. The second-order valence-electron chi connectivity index (χ2n) is 5.20. The summed E-state index contributed by atoms with van der Waals surface area (Å²) in [5.74, 6) is -1.38. The zero-order valence-electron chi connectivity index (χ0n) is 11.6. The summed E-state index contributed by atoms with van der Waals surface area (Å²) in [6.07, 6.45) is 3.39. The van der Waals surface area contributed by atoms with E-state index in [1.165, 1.54) is 17.8 Å². The van der Waals surface area contributed by atoms with Gasteiger partial charge in [0, 0.05) is 17.1 Å². The van der Waals surface area contributed by atoms with Gasteiger partial charge in [-0.3, -0.25) is 4.79 Å². The summed E-state index contributed by atoms with van der Waals surface area (Å²) < 4.78 is 25.8. The molecule has 0 bridgehead atoms. The van der Waals surface area contributed by atoms with Crippen molar-refractivity contribution in [2.75, 3.05) is 5.75 Å². The third-order valence-corrected chi connectivity index (χ3v) is 4.56. The Morgan fingerprint density at radius 3 is 2.76 bits per heavy atom. The topological polar surface area (TPSA) is 49.3 Å². The number of amides is 1. The number of hydrogen-bond donors (Lipinski definition) is 2. The van der Waals surface area contributed by atoms with Crippen LogP contribution in [0.1, 0.15) is 32.1 Å². The highest BCUT2D eigenvalue weighted by atomic mass is 32.2. The Labute approximate surface area is 127 Å². The first-order chi connectivity index (χ1) is 10.1. The van der Waals surface area contributed by atoms with Crippen molar-refractivity contribution in [3.8, 4) is 0 Å². The first-order valence-corrected chi connectivity index (χ1v) is 8.10. The van der Waals surface area contributed by atoms with E-state index >= 15 is 0 Å². The van der Waals surface area contributed by atoms with Crippen molar-refractivity contribution in [3.63, 3.8) is 0 Å². The first-order valence-electron chi connectivity index (χ1n) is 7.11. The number of hydrogen-bond acceptors (Lipinski definition) is 3. The van der Waals surface area contributed by atoms with Gasteiger partial charge in [-0.2, -0.15) is 0 Å². The molecule has 0 unspecified atom stereocenters. The van der Waals surface area contributed by atoms with Crippen LogP contribution in [-0.4, -0.2) is 28.9 Å².